The number of para-hydroxylation sites is 1. The largest absolute Gasteiger partial charge is 0.243 e. The molecule has 0 N–H and O–H groups in total. The van der Waals surface area contributed by atoms with Crippen molar-refractivity contribution in [3.05, 3.63) is 140 Å². The highest BCUT2D eigenvalue weighted by Gasteiger charge is 2.21. The van der Waals surface area contributed by atoms with Crippen LogP contribution in [0.25, 0.3) is 106 Å². The van der Waals surface area contributed by atoms with Crippen LogP contribution in [0.3, 0.4) is 0 Å². The normalized spacial score (nSPS) is 12.2. The molecule has 4 aromatic heterocycles. The van der Waals surface area contributed by atoms with Gasteiger partial charge in [0, 0.05) is 72.8 Å². The summed E-state index contributed by atoms with van der Waals surface area (Å²) in [6.45, 7) is 0. The predicted molar refractivity (Wildman–Crippen MR) is 207 cm³/mol. The van der Waals surface area contributed by atoms with E-state index in [1.165, 1.54) is 56.5 Å². The zero-order valence-electron chi connectivity index (χ0n) is 25.4. The van der Waals surface area contributed by atoms with Gasteiger partial charge in [-0.1, -0.05) is 109 Å². The van der Waals surface area contributed by atoms with E-state index in [-0.39, 0.29) is 0 Å². The molecule has 0 aliphatic carbocycles. The Bertz CT molecular complexity index is 3140. The quantitative estimate of drug-likeness (QED) is 0.176. The van der Waals surface area contributed by atoms with Gasteiger partial charge in [-0.05, 0) is 35.7 Å². The molecule has 0 saturated heterocycles. The monoisotopic (exact) mass is 645 g/mol. The molecule has 48 heavy (non-hydrogen) atoms. The van der Waals surface area contributed by atoms with Gasteiger partial charge in [0.1, 0.15) is 5.69 Å². The van der Waals surface area contributed by atoms with E-state index >= 15 is 0 Å². The lowest BCUT2D eigenvalue weighted by Crippen LogP contribution is -1.99. The van der Waals surface area contributed by atoms with Crippen LogP contribution >= 0.6 is 22.7 Å². The van der Waals surface area contributed by atoms with Crippen LogP contribution in [0, 0.1) is 0 Å². The van der Waals surface area contributed by atoms with E-state index in [1.807, 2.05) is 22.7 Å². The summed E-state index contributed by atoms with van der Waals surface area (Å²) in [6.07, 6.45) is 0. The molecule has 0 spiro atoms. The van der Waals surface area contributed by atoms with Gasteiger partial charge in [0.15, 0.2) is 5.82 Å². The molecule has 0 bridgehead atoms. The van der Waals surface area contributed by atoms with Crippen LogP contribution in [0.1, 0.15) is 0 Å². The van der Waals surface area contributed by atoms with Gasteiger partial charge in [0.2, 0.25) is 0 Å². The van der Waals surface area contributed by atoms with E-state index in [0.29, 0.717) is 5.82 Å². The average molecular weight is 646 g/mol. The second-order valence-electron chi connectivity index (χ2n) is 12.3. The van der Waals surface area contributed by atoms with Gasteiger partial charge in [-0.2, -0.15) is 0 Å². The predicted octanol–water partition coefficient (Wildman–Crippen LogP) is 12.6. The molecule has 0 aliphatic rings. The molecule has 5 heteroatoms. The van der Waals surface area contributed by atoms with Crippen molar-refractivity contribution >= 4 is 106 Å². The third-order valence-corrected chi connectivity index (χ3v) is 12.0. The maximum Gasteiger partial charge on any atom is 0.179 e. The fourth-order valence-corrected chi connectivity index (χ4v) is 9.86. The summed E-state index contributed by atoms with van der Waals surface area (Å²) in [5, 5.41) is 11.9. The highest BCUT2D eigenvalue weighted by molar-refractivity contribution is 7.27. The number of pyridine rings is 1. The number of rotatable bonds is 2. The zero-order valence-corrected chi connectivity index (χ0v) is 27.1. The Morgan fingerprint density at radius 1 is 0.375 bits per heavy atom. The Balaban J connectivity index is 1.26. The Labute approximate surface area is 282 Å². The number of thiophene rings is 2. The summed E-state index contributed by atoms with van der Waals surface area (Å²) in [4.78, 5) is 16.1. The number of hydrogen-bond donors (Lipinski definition) is 0. The summed E-state index contributed by atoms with van der Waals surface area (Å²) >= 11 is 3.70. The van der Waals surface area contributed by atoms with E-state index in [9.17, 15) is 0 Å². The summed E-state index contributed by atoms with van der Waals surface area (Å²) in [7, 11) is 0. The van der Waals surface area contributed by atoms with E-state index in [0.717, 1.165) is 44.1 Å². The maximum absolute atomic E-state index is 5.54. The van der Waals surface area contributed by atoms with Crippen LogP contribution in [0.15, 0.2) is 140 Å². The molecular weight excluding hydrogens is 623 g/mol. The van der Waals surface area contributed by atoms with Crippen LogP contribution in [-0.4, -0.2) is 15.0 Å². The molecule has 3 nitrogen and oxygen atoms in total. The fourth-order valence-electron chi connectivity index (χ4n) is 7.53. The van der Waals surface area contributed by atoms with Crippen LogP contribution in [0.2, 0.25) is 0 Å². The molecule has 0 atom stereocenters. The van der Waals surface area contributed by atoms with Gasteiger partial charge in [-0.15, -0.1) is 22.7 Å². The molecule has 0 fully saturated rings. The summed E-state index contributed by atoms with van der Waals surface area (Å²) in [5.74, 6) is 0.636. The highest BCUT2D eigenvalue weighted by Crippen LogP contribution is 2.47. The number of nitrogens with zero attached hydrogens (tertiary/aromatic N) is 3. The van der Waals surface area contributed by atoms with Gasteiger partial charge < -0.3 is 0 Å². The fraction of sp³-hybridized carbons (Fsp3) is 0. The van der Waals surface area contributed by atoms with E-state index < -0.39 is 0 Å². The molecule has 0 radical (unpaired) electrons. The lowest BCUT2D eigenvalue weighted by Gasteiger charge is -2.14. The van der Waals surface area contributed by atoms with Crippen LogP contribution in [0.4, 0.5) is 0 Å². The topological polar surface area (TPSA) is 38.7 Å². The van der Waals surface area contributed by atoms with Crippen molar-refractivity contribution < 1.29 is 0 Å². The third kappa shape index (κ3) is 3.66. The molecule has 0 saturated carbocycles. The molecular formula is C43H23N3S2. The minimum atomic E-state index is 0.636. The smallest absolute Gasteiger partial charge is 0.179 e. The molecule has 0 amide bonds. The first kappa shape index (κ1) is 26.3. The Kier molecular flexibility index (Phi) is 5.42. The maximum atomic E-state index is 5.54. The molecule has 7 aromatic carbocycles. The minimum Gasteiger partial charge on any atom is -0.243 e. The second-order valence-corrected chi connectivity index (χ2v) is 14.4. The number of benzene rings is 7. The van der Waals surface area contributed by atoms with Gasteiger partial charge in [0.25, 0.3) is 0 Å². The van der Waals surface area contributed by atoms with Gasteiger partial charge in [0.05, 0.1) is 16.7 Å². The van der Waals surface area contributed by atoms with E-state index in [2.05, 4.69) is 140 Å². The SMILES string of the molecule is c1ccc2c(-c3ccc4sc5ccccc5c4c3)nc(-c3nc4c5ccccc5c5sc6ccccc6c5c4c4ccccc34)nc2c1. The molecule has 4 heterocycles. The third-order valence-electron chi connectivity index (χ3n) is 9.65. The lowest BCUT2D eigenvalue weighted by atomic mass is 9.95. The molecule has 11 rings (SSSR count). The standard InChI is InChI=1S/C43H23N3S2/c1-2-13-27-26(12-1)37-38-31-17-7-10-20-35(31)48-42(38)29-15-4-3-14-28(29)40(37)45-41(27)43-44-33-18-8-5-16-30(33)39(46-43)24-21-22-36-32(23-24)25-11-6-9-19-34(25)47-36/h1-23H. The van der Waals surface area contributed by atoms with Crippen molar-refractivity contribution in [1.82, 2.24) is 15.0 Å². The van der Waals surface area contributed by atoms with Gasteiger partial charge >= 0.3 is 0 Å². The molecule has 0 unspecified atom stereocenters. The number of hydrogen-bond acceptors (Lipinski definition) is 5. The summed E-state index contributed by atoms with van der Waals surface area (Å²) < 4.78 is 5.17. The van der Waals surface area contributed by atoms with Crippen LogP contribution < -0.4 is 0 Å². The second kappa shape index (κ2) is 9.88. The number of fused-ring (bicyclic) bond motifs is 14. The molecule has 222 valence electrons. The zero-order chi connectivity index (χ0) is 31.3. The molecule has 11 aromatic rings. The van der Waals surface area contributed by atoms with Crippen molar-refractivity contribution in [3.8, 4) is 22.8 Å². The Morgan fingerprint density at radius 3 is 1.83 bits per heavy atom. The van der Waals surface area contributed by atoms with E-state index in [1.54, 1.807) is 0 Å². The highest BCUT2D eigenvalue weighted by atomic mass is 32.1. The van der Waals surface area contributed by atoms with Crippen molar-refractivity contribution in [3.63, 3.8) is 0 Å². The number of aromatic nitrogens is 3. The van der Waals surface area contributed by atoms with Crippen molar-refractivity contribution in [2.75, 3.05) is 0 Å². The lowest BCUT2D eigenvalue weighted by molar-refractivity contribution is 1.21. The van der Waals surface area contributed by atoms with Crippen molar-refractivity contribution in [1.29, 1.82) is 0 Å². The minimum absolute atomic E-state index is 0.636. The summed E-state index contributed by atoms with van der Waals surface area (Å²) in [5.41, 5.74) is 4.69. The van der Waals surface area contributed by atoms with Gasteiger partial charge in [-0.25, -0.2) is 15.0 Å². The first-order valence-electron chi connectivity index (χ1n) is 16.0. The van der Waals surface area contributed by atoms with Crippen molar-refractivity contribution in [2.24, 2.45) is 0 Å². The van der Waals surface area contributed by atoms with Crippen LogP contribution in [0.5, 0.6) is 0 Å². The molecule has 0 aliphatic heterocycles. The van der Waals surface area contributed by atoms with Crippen molar-refractivity contribution in [2.45, 2.75) is 0 Å². The average Bonchev–Trinajstić information content (AvgIpc) is 3.73. The van der Waals surface area contributed by atoms with Gasteiger partial charge in [-0.3, -0.25) is 0 Å². The van der Waals surface area contributed by atoms with E-state index in [4.69, 9.17) is 15.0 Å². The van der Waals surface area contributed by atoms with Crippen LogP contribution in [-0.2, 0) is 0 Å². The Morgan fingerprint density at radius 2 is 1.00 bits per heavy atom. The first-order chi connectivity index (χ1) is 23.8. The Hall–Kier alpha value is -5.75. The first-order valence-corrected chi connectivity index (χ1v) is 17.7. The summed E-state index contributed by atoms with van der Waals surface area (Å²) in [6, 6.07) is 49.8.